The summed E-state index contributed by atoms with van der Waals surface area (Å²) in [5.41, 5.74) is 4.67. The van der Waals surface area contributed by atoms with Crippen LogP contribution < -0.4 is 20.6 Å². The second-order valence-electron chi connectivity index (χ2n) is 8.45. The predicted molar refractivity (Wildman–Crippen MR) is 143 cm³/mol. The summed E-state index contributed by atoms with van der Waals surface area (Å²) < 4.78 is 6.62. The highest BCUT2D eigenvalue weighted by Gasteiger charge is 2.21. The van der Waals surface area contributed by atoms with Crippen molar-refractivity contribution in [2.24, 2.45) is 0 Å². The van der Waals surface area contributed by atoms with E-state index in [1.165, 1.54) is 12.4 Å². The molecule has 37 heavy (non-hydrogen) atoms. The fraction of sp³-hybridized carbons (Fsp3) is 0.320. The molecule has 5 rings (SSSR count). The van der Waals surface area contributed by atoms with Crippen LogP contribution in [-0.4, -0.2) is 70.9 Å². The maximum atomic E-state index is 11.6. The molecule has 4 aromatic rings. The molecule has 1 aliphatic heterocycles. The van der Waals surface area contributed by atoms with E-state index in [9.17, 15) is 4.79 Å². The Labute approximate surface area is 218 Å². The van der Waals surface area contributed by atoms with E-state index in [-0.39, 0.29) is 5.56 Å². The van der Waals surface area contributed by atoms with Crippen LogP contribution in [-0.2, 0) is 11.3 Å². The fourth-order valence-electron chi connectivity index (χ4n) is 4.13. The minimum Gasteiger partial charge on any atom is -0.388 e. The van der Waals surface area contributed by atoms with Crippen molar-refractivity contribution in [2.75, 3.05) is 55.0 Å². The van der Waals surface area contributed by atoms with Gasteiger partial charge >= 0.3 is 0 Å². The third kappa shape index (κ3) is 5.31. The predicted octanol–water partition coefficient (Wildman–Crippen LogP) is 3.17. The maximum Gasteiger partial charge on any atom is 0.277 e. The number of hydroxylamine groups is 1. The number of rotatable bonds is 8. The van der Waals surface area contributed by atoms with Crippen LogP contribution in [0.4, 0.5) is 17.5 Å². The third-order valence-electron chi connectivity index (χ3n) is 6.16. The van der Waals surface area contributed by atoms with E-state index in [1.54, 1.807) is 16.8 Å². The molecule has 3 aromatic heterocycles. The molecule has 1 aliphatic rings. The third-order valence-corrected chi connectivity index (χ3v) is 7.27. The standard InChI is InChI=1S/C25H28N8O3S/c1-3-32(25-27-13-17(14-28-25)24(34)31-35)15-19-12-20-21(37-19)23(33-8-10-36-11-9-33)30-22(29-20)16-4-6-18(26-2)7-5-16/h4-7,12-14,26,35H,3,8-11,15H2,1-2H3,(H,31,34). The smallest absolute Gasteiger partial charge is 0.277 e. The number of anilines is 3. The minimum absolute atomic E-state index is 0.185. The molecule has 0 radical (unpaired) electrons. The van der Waals surface area contributed by atoms with Crippen LogP contribution in [0.1, 0.15) is 22.2 Å². The second-order valence-corrected chi connectivity index (χ2v) is 9.59. The van der Waals surface area contributed by atoms with Gasteiger partial charge in [-0.05, 0) is 37.3 Å². The van der Waals surface area contributed by atoms with Gasteiger partial charge in [-0.25, -0.2) is 25.4 Å². The van der Waals surface area contributed by atoms with Gasteiger partial charge in [0.25, 0.3) is 5.91 Å². The first-order chi connectivity index (χ1) is 18.1. The minimum atomic E-state index is -0.648. The van der Waals surface area contributed by atoms with E-state index < -0.39 is 5.91 Å². The van der Waals surface area contributed by atoms with E-state index in [0.29, 0.717) is 38.1 Å². The number of aromatic nitrogens is 4. The maximum absolute atomic E-state index is 11.6. The van der Waals surface area contributed by atoms with Gasteiger partial charge in [0, 0.05) is 55.2 Å². The normalized spacial score (nSPS) is 13.5. The average molecular weight is 521 g/mol. The van der Waals surface area contributed by atoms with Crippen molar-refractivity contribution >= 4 is 44.9 Å². The zero-order valence-corrected chi connectivity index (χ0v) is 21.5. The van der Waals surface area contributed by atoms with Crippen molar-refractivity contribution in [3.8, 4) is 11.4 Å². The number of hydrogen-bond acceptors (Lipinski definition) is 11. The molecule has 0 saturated carbocycles. The van der Waals surface area contributed by atoms with Crippen LogP contribution in [0.5, 0.6) is 0 Å². The monoisotopic (exact) mass is 520 g/mol. The van der Waals surface area contributed by atoms with Crippen LogP contribution in [0.2, 0.25) is 0 Å². The first-order valence-corrected chi connectivity index (χ1v) is 12.8. The van der Waals surface area contributed by atoms with Gasteiger partial charge in [0.05, 0.1) is 35.5 Å². The summed E-state index contributed by atoms with van der Waals surface area (Å²) in [7, 11) is 1.89. The van der Waals surface area contributed by atoms with E-state index in [4.69, 9.17) is 19.9 Å². The van der Waals surface area contributed by atoms with Crippen molar-refractivity contribution < 1.29 is 14.7 Å². The topological polar surface area (TPSA) is 129 Å². The van der Waals surface area contributed by atoms with Gasteiger partial charge in [-0.15, -0.1) is 11.3 Å². The van der Waals surface area contributed by atoms with Crippen molar-refractivity contribution in [1.29, 1.82) is 0 Å². The molecule has 0 atom stereocenters. The van der Waals surface area contributed by atoms with E-state index in [2.05, 4.69) is 26.3 Å². The molecule has 3 N–H and O–H groups in total. The Hall–Kier alpha value is -3.87. The first-order valence-electron chi connectivity index (χ1n) is 12.0. The number of hydrogen-bond donors (Lipinski definition) is 3. The summed E-state index contributed by atoms with van der Waals surface area (Å²) in [5.74, 6) is 1.47. The molecule has 11 nitrogen and oxygen atoms in total. The molecule has 1 amide bonds. The fourth-order valence-corrected chi connectivity index (χ4v) is 5.25. The quantitative estimate of drug-likeness (QED) is 0.235. The Kier molecular flexibility index (Phi) is 7.40. The molecular formula is C25H28N8O3S. The number of nitrogens with zero attached hydrogens (tertiary/aromatic N) is 6. The first kappa shape index (κ1) is 24.8. The lowest BCUT2D eigenvalue weighted by Crippen LogP contribution is -2.36. The van der Waals surface area contributed by atoms with E-state index in [0.717, 1.165) is 45.3 Å². The number of thiophene rings is 1. The van der Waals surface area contributed by atoms with Crippen LogP contribution >= 0.6 is 11.3 Å². The largest absolute Gasteiger partial charge is 0.388 e. The summed E-state index contributed by atoms with van der Waals surface area (Å²) in [6.45, 7) is 6.17. The number of morpholine rings is 1. The number of fused-ring (bicyclic) bond motifs is 1. The number of nitrogens with one attached hydrogen (secondary N) is 2. The van der Waals surface area contributed by atoms with Crippen LogP contribution in [0.3, 0.4) is 0 Å². The molecule has 12 heteroatoms. The lowest BCUT2D eigenvalue weighted by Gasteiger charge is -2.28. The molecule has 1 aromatic carbocycles. The Bertz CT molecular complexity index is 1370. The summed E-state index contributed by atoms with van der Waals surface area (Å²) in [6.07, 6.45) is 2.80. The molecule has 1 saturated heterocycles. The van der Waals surface area contributed by atoms with Gasteiger partial charge < -0.3 is 19.9 Å². The molecule has 0 spiro atoms. The Balaban J connectivity index is 1.49. The molecule has 4 heterocycles. The van der Waals surface area contributed by atoms with E-state index >= 15 is 0 Å². The molecular weight excluding hydrogens is 492 g/mol. The molecule has 0 bridgehead atoms. The number of benzene rings is 1. The van der Waals surface area contributed by atoms with Gasteiger partial charge in [0.1, 0.15) is 0 Å². The van der Waals surface area contributed by atoms with Gasteiger partial charge in [-0.3, -0.25) is 10.0 Å². The van der Waals surface area contributed by atoms with Gasteiger partial charge in [0.2, 0.25) is 5.95 Å². The Morgan fingerprint density at radius 2 is 1.89 bits per heavy atom. The van der Waals surface area contributed by atoms with Gasteiger partial charge in [-0.2, -0.15) is 0 Å². The lowest BCUT2D eigenvalue weighted by atomic mass is 10.2. The highest BCUT2D eigenvalue weighted by Crippen LogP contribution is 2.35. The number of amides is 1. The molecule has 0 unspecified atom stereocenters. The number of ether oxygens (including phenoxy) is 1. The summed E-state index contributed by atoms with van der Waals surface area (Å²) in [6, 6.07) is 10.2. The number of carbonyl (C=O) groups excluding carboxylic acids is 1. The van der Waals surface area contributed by atoms with Crippen LogP contribution in [0, 0.1) is 0 Å². The Morgan fingerprint density at radius 3 is 2.54 bits per heavy atom. The molecule has 0 aliphatic carbocycles. The average Bonchev–Trinajstić information content (AvgIpc) is 3.38. The lowest BCUT2D eigenvalue weighted by molar-refractivity contribution is 0.0705. The SMILES string of the molecule is CCN(Cc1cc2nc(-c3ccc(NC)cc3)nc(N3CCOCC3)c2s1)c1ncc(C(=O)NO)cn1. The van der Waals surface area contributed by atoms with Crippen molar-refractivity contribution in [3.63, 3.8) is 0 Å². The zero-order valence-electron chi connectivity index (χ0n) is 20.6. The van der Waals surface area contributed by atoms with Crippen molar-refractivity contribution in [2.45, 2.75) is 13.5 Å². The summed E-state index contributed by atoms with van der Waals surface area (Å²) in [4.78, 5) is 35.6. The van der Waals surface area contributed by atoms with Gasteiger partial charge in [-0.1, -0.05) is 0 Å². The number of carbonyl (C=O) groups is 1. The van der Waals surface area contributed by atoms with Crippen LogP contribution in [0.25, 0.3) is 21.6 Å². The van der Waals surface area contributed by atoms with Crippen molar-refractivity contribution in [3.05, 3.63) is 53.2 Å². The summed E-state index contributed by atoms with van der Waals surface area (Å²) >= 11 is 1.67. The highest BCUT2D eigenvalue weighted by atomic mass is 32.1. The van der Waals surface area contributed by atoms with Crippen molar-refractivity contribution in [1.82, 2.24) is 25.4 Å². The van der Waals surface area contributed by atoms with E-state index in [1.807, 2.05) is 43.1 Å². The Morgan fingerprint density at radius 1 is 1.16 bits per heavy atom. The molecule has 192 valence electrons. The second kappa shape index (κ2) is 11.0. The van der Waals surface area contributed by atoms with Gasteiger partial charge in [0.15, 0.2) is 11.6 Å². The van der Waals surface area contributed by atoms with Crippen LogP contribution in [0.15, 0.2) is 42.7 Å². The summed E-state index contributed by atoms with van der Waals surface area (Å²) in [5, 5.41) is 12.0. The zero-order chi connectivity index (χ0) is 25.8. The molecule has 1 fully saturated rings. The highest BCUT2D eigenvalue weighted by molar-refractivity contribution is 7.19.